The molecule has 4 rings (SSSR count). The Morgan fingerprint density at radius 1 is 0.981 bits per heavy atom. The Hall–Kier alpha value is -3.14. The van der Waals surface area contributed by atoms with E-state index in [-0.39, 0.29) is 54.3 Å². The minimum atomic E-state index is -0.822. The molecule has 6 N–H and O–H groups in total. The minimum Gasteiger partial charge on any atom is -0.444 e. The number of nitro groups is 1. The van der Waals surface area contributed by atoms with Gasteiger partial charge in [-0.3, -0.25) is 9.59 Å². The molecule has 1 saturated heterocycles. The van der Waals surface area contributed by atoms with Gasteiger partial charge in [-0.2, -0.15) is 0 Å². The van der Waals surface area contributed by atoms with Gasteiger partial charge in [-0.15, -0.1) is 0 Å². The van der Waals surface area contributed by atoms with Crippen LogP contribution < -0.4 is 27.1 Å². The smallest absolute Gasteiger partial charge is 0.444 e. The van der Waals surface area contributed by atoms with E-state index in [2.05, 4.69) is 55.6 Å². The van der Waals surface area contributed by atoms with Gasteiger partial charge in [-0.1, -0.05) is 78.1 Å². The van der Waals surface area contributed by atoms with Crippen LogP contribution in [0, 0.1) is 33.3 Å². The first-order valence-electron chi connectivity index (χ1n) is 20.4. The predicted molar refractivity (Wildman–Crippen MR) is 210 cm³/mol. The summed E-state index contributed by atoms with van der Waals surface area (Å²) in [4.78, 5) is 53.4. The molecular formula is C38H70BN7O8. The highest BCUT2D eigenvalue weighted by atomic mass is 16.7. The van der Waals surface area contributed by atoms with Crippen molar-refractivity contribution in [3.8, 4) is 0 Å². The molecule has 0 aromatic carbocycles. The van der Waals surface area contributed by atoms with E-state index >= 15 is 0 Å². The molecule has 0 aromatic rings. The second-order valence-corrected chi connectivity index (χ2v) is 17.8. The van der Waals surface area contributed by atoms with E-state index in [1.165, 1.54) is 0 Å². The molecule has 4 fully saturated rings. The Bertz CT molecular complexity index is 1280. The third kappa shape index (κ3) is 14.2. The average Bonchev–Trinajstić information content (AvgIpc) is 3.42. The second-order valence-electron chi connectivity index (χ2n) is 17.8. The van der Waals surface area contributed by atoms with Crippen molar-refractivity contribution < 1.29 is 33.5 Å². The third-order valence-electron chi connectivity index (χ3n) is 11.4. The first kappa shape index (κ1) is 45.3. The lowest BCUT2D eigenvalue weighted by molar-refractivity contribution is -0.525. The lowest BCUT2D eigenvalue weighted by atomic mass is 9.43. The minimum absolute atomic E-state index is 0.0165. The summed E-state index contributed by atoms with van der Waals surface area (Å²) in [5, 5.41) is 18.8. The number of hydrogen-bond donors (Lipinski definition) is 5. The van der Waals surface area contributed by atoms with Gasteiger partial charge >= 0.3 is 13.2 Å². The molecule has 4 aliphatic rings. The Labute approximate surface area is 323 Å². The molecule has 0 radical (unpaired) electrons. The molecule has 0 spiro atoms. The van der Waals surface area contributed by atoms with E-state index in [0.717, 1.165) is 70.6 Å². The highest BCUT2D eigenvalue weighted by Gasteiger charge is 2.68. The fraction of sp³-hybridized carbons (Fsp3) is 0.895. The van der Waals surface area contributed by atoms with Crippen molar-refractivity contribution in [2.75, 3.05) is 13.1 Å². The number of hydrogen-bond acceptors (Lipinski definition) is 9. The fourth-order valence-electron chi connectivity index (χ4n) is 8.41. The van der Waals surface area contributed by atoms with Gasteiger partial charge in [0, 0.05) is 19.5 Å². The molecule has 2 bridgehead atoms. The van der Waals surface area contributed by atoms with E-state index in [9.17, 15) is 24.5 Å². The maximum absolute atomic E-state index is 13.9. The van der Waals surface area contributed by atoms with Gasteiger partial charge in [0.25, 0.3) is 5.96 Å². The first-order valence-corrected chi connectivity index (χ1v) is 20.4. The Morgan fingerprint density at radius 2 is 1.61 bits per heavy atom. The van der Waals surface area contributed by atoms with Crippen molar-refractivity contribution in [2.24, 2.45) is 33.9 Å². The van der Waals surface area contributed by atoms with Gasteiger partial charge in [0.05, 0.1) is 17.6 Å². The number of carbonyl (C=O) groups is 3. The standard InChI is InChI=1S/C38H70BN7O8/c1-26(2)23-31(39-53-30-25-27-24-29(37(27,6)7)38(30,8)54-39)44-33(48)28(19-18-22-41-34(40)45-46(50)51)43-32(47)20-16-14-12-10-9-11-13-15-17-21-42-35(49)52-36(3,4)5/h26-31H,9-25H2,1-8H3,(H,42,49)(H,43,47)(H,44,48)(H3,40,41,45)/t27-,28+,29-,30-,31+,38+/m1/s1. The Balaban J connectivity index is 1.45. The summed E-state index contributed by atoms with van der Waals surface area (Å²) in [6.07, 6.45) is 12.4. The van der Waals surface area contributed by atoms with Crippen LogP contribution in [0.5, 0.6) is 0 Å². The van der Waals surface area contributed by atoms with Gasteiger partial charge in [0.15, 0.2) is 5.03 Å². The van der Waals surface area contributed by atoms with E-state index in [4.69, 9.17) is 19.8 Å². The Kier molecular flexibility index (Phi) is 17.3. The summed E-state index contributed by atoms with van der Waals surface area (Å²) in [6.45, 7) is 17.3. The van der Waals surface area contributed by atoms with E-state index in [0.29, 0.717) is 37.6 Å². The molecular weight excluding hydrogens is 693 g/mol. The van der Waals surface area contributed by atoms with Crippen molar-refractivity contribution >= 4 is 31.0 Å². The number of nitrogens with one attached hydrogen (secondary N) is 4. The number of ether oxygens (including phenoxy) is 1. The predicted octanol–water partition coefficient (Wildman–Crippen LogP) is 5.57. The van der Waals surface area contributed by atoms with Gasteiger partial charge in [0.2, 0.25) is 11.8 Å². The number of aliphatic imine (C=N–C) groups is 1. The summed E-state index contributed by atoms with van der Waals surface area (Å²) in [5.74, 6) is 0.0401. The molecule has 3 aliphatic carbocycles. The third-order valence-corrected chi connectivity index (χ3v) is 11.4. The number of rotatable bonds is 23. The van der Waals surface area contributed by atoms with E-state index in [1.807, 2.05) is 26.2 Å². The molecule has 0 aromatic heterocycles. The zero-order valence-electron chi connectivity index (χ0n) is 34.3. The fourth-order valence-corrected chi connectivity index (χ4v) is 8.41. The number of nitrogens with two attached hydrogens (primary N) is 1. The lowest BCUT2D eigenvalue weighted by Crippen LogP contribution is -2.65. The Morgan fingerprint density at radius 3 is 2.20 bits per heavy atom. The maximum Gasteiger partial charge on any atom is 0.481 e. The summed E-state index contributed by atoms with van der Waals surface area (Å²) in [7, 11) is -0.586. The van der Waals surface area contributed by atoms with Gasteiger partial charge in [-0.05, 0) is 95.8 Å². The number of unbranched alkanes of at least 4 members (excludes halogenated alkanes) is 8. The highest BCUT2D eigenvalue weighted by molar-refractivity contribution is 6.48. The van der Waals surface area contributed by atoms with Crippen molar-refractivity contribution in [3.05, 3.63) is 10.1 Å². The summed E-state index contributed by atoms with van der Waals surface area (Å²) in [6, 6.07) is -0.822. The van der Waals surface area contributed by atoms with Crippen molar-refractivity contribution in [3.63, 3.8) is 0 Å². The molecule has 3 saturated carbocycles. The summed E-state index contributed by atoms with van der Waals surface area (Å²) in [5.41, 5.74) is 6.68. The average molecular weight is 764 g/mol. The van der Waals surface area contributed by atoms with Crippen LogP contribution in [-0.4, -0.2) is 78.4 Å². The summed E-state index contributed by atoms with van der Waals surface area (Å²) < 4.78 is 18.5. The summed E-state index contributed by atoms with van der Waals surface area (Å²) >= 11 is 0. The molecule has 54 heavy (non-hydrogen) atoms. The molecule has 6 atom stereocenters. The van der Waals surface area contributed by atoms with Crippen LogP contribution in [0.3, 0.4) is 0 Å². The molecule has 16 heteroatoms. The zero-order chi connectivity index (χ0) is 40.1. The van der Waals surface area contributed by atoms with Crippen molar-refractivity contribution in [1.82, 2.24) is 21.4 Å². The highest BCUT2D eigenvalue weighted by Crippen LogP contribution is 2.65. The first-order chi connectivity index (χ1) is 25.3. The maximum atomic E-state index is 13.9. The van der Waals surface area contributed by atoms with E-state index in [1.54, 1.807) is 0 Å². The second kappa shape index (κ2) is 20.7. The molecule has 1 heterocycles. The van der Waals surface area contributed by atoms with Crippen molar-refractivity contribution in [1.29, 1.82) is 0 Å². The number of hydrazine groups is 1. The van der Waals surface area contributed by atoms with E-state index < -0.39 is 35.3 Å². The van der Waals surface area contributed by atoms with Crippen LogP contribution in [0.15, 0.2) is 4.99 Å². The largest absolute Gasteiger partial charge is 0.481 e. The monoisotopic (exact) mass is 764 g/mol. The molecule has 15 nitrogen and oxygen atoms in total. The van der Waals surface area contributed by atoms with Crippen LogP contribution in [0.25, 0.3) is 0 Å². The quantitative estimate of drug-likeness (QED) is 0.0218. The van der Waals surface area contributed by atoms with Gasteiger partial charge in [-0.25, -0.2) is 19.9 Å². The SMILES string of the molecule is CC(C)C[C@H](NC(=O)[C@H](CCCN=C(N)N[N+](=O)[O-])NC(=O)CCCCCCCCCCCNC(=O)OC(C)(C)C)B1O[C@@H]2C[C@H]3C[C@H](C3(C)C)[C@]2(C)O1. The topological polar surface area (TPSA) is 209 Å². The lowest BCUT2D eigenvalue weighted by Gasteiger charge is -2.64. The van der Waals surface area contributed by atoms with Gasteiger partial charge < -0.3 is 35.7 Å². The molecule has 308 valence electrons. The van der Waals surface area contributed by atoms with Crippen LogP contribution in [0.2, 0.25) is 0 Å². The van der Waals surface area contributed by atoms with Crippen LogP contribution in [-0.2, 0) is 23.6 Å². The van der Waals surface area contributed by atoms with Crippen LogP contribution in [0.4, 0.5) is 4.79 Å². The van der Waals surface area contributed by atoms with Crippen LogP contribution >= 0.6 is 0 Å². The number of guanidine groups is 1. The molecule has 1 aliphatic heterocycles. The van der Waals surface area contributed by atoms with Crippen LogP contribution in [0.1, 0.15) is 152 Å². The number of amides is 3. The number of alkyl carbamates (subject to hydrolysis) is 1. The molecule has 3 amide bonds. The molecule has 0 unspecified atom stereocenters. The van der Waals surface area contributed by atoms with Gasteiger partial charge in [0.1, 0.15) is 11.6 Å². The van der Waals surface area contributed by atoms with Crippen molar-refractivity contribution in [2.45, 2.75) is 181 Å². The number of nitrogens with zero attached hydrogens (tertiary/aromatic N) is 2. The zero-order valence-corrected chi connectivity index (χ0v) is 34.3. The number of carbonyl (C=O) groups excluding carboxylic acids is 3. The normalized spacial score (nSPS) is 24.2.